The van der Waals surface area contributed by atoms with Gasteiger partial charge in [-0.25, -0.2) is 0 Å². The number of benzene rings is 1. The summed E-state index contributed by atoms with van der Waals surface area (Å²) in [5.74, 6) is 1.02. The highest BCUT2D eigenvalue weighted by atomic mass is 32.2. The van der Waals surface area contributed by atoms with Crippen LogP contribution in [0.5, 0.6) is 0 Å². The van der Waals surface area contributed by atoms with Crippen LogP contribution in [0, 0.1) is 5.92 Å². The van der Waals surface area contributed by atoms with Crippen LogP contribution in [0.15, 0.2) is 29.2 Å². The highest BCUT2D eigenvalue weighted by Gasteiger charge is 2.18. The van der Waals surface area contributed by atoms with E-state index in [1.54, 1.807) is 11.8 Å². The molecular weight excluding hydrogens is 292 g/mol. The molecule has 1 atom stereocenters. The fourth-order valence-corrected chi connectivity index (χ4v) is 3.55. The maximum atomic E-state index is 12.3. The number of carbonyl (C=O) groups is 1. The topological polar surface area (TPSA) is 23.6 Å². The van der Waals surface area contributed by atoms with Crippen LogP contribution in [0.4, 0.5) is 0 Å². The summed E-state index contributed by atoms with van der Waals surface area (Å²) in [7, 11) is 1.91. The molecule has 0 N–H and O–H groups in total. The number of carbonyl (C=O) groups excluding carboxylic acids is 1. The maximum absolute atomic E-state index is 12.3. The molecule has 0 aromatic heterocycles. The van der Waals surface area contributed by atoms with Gasteiger partial charge in [0.15, 0.2) is 0 Å². The Bertz CT molecular complexity index is 492. The number of thioether (sulfide) groups is 1. The fourth-order valence-electron chi connectivity index (χ4n) is 3.07. The molecule has 22 heavy (non-hydrogen) atoms. The van der Waals surface area contributed by atoms with Crippen molar-refractivity contribution in [3.8, 4) is 0 Å². The van der Waals surface area contributed by atoms with Crippen LogP contribution in [0.1, 0.15) is 31.7 Å². The molecule has 0 aliphatic carbocycles. The van der Waals surface area contributed by atoms with Crippen LogP contribution in [-0.4, -0.2) is 48.6 Å². The van der Waals surface area contributed by atoms with Crippen molar-refractivity contribution in [3.05, 3.63) is 29.8 Å². The molecule has 3 nitrogen and oxygen atoms in total. The zero-order valence-corrected chi connectivity index (χ0v) is 14.9. The quantitative estimate of drug-likeness (QED) is 0.750. The number of rotatable bonds is 6. The van der Waals surface area contributed by atoms with E-state index in [-0.39, 0.29) is 5.91 Å². The zero-order chi connectivity index (χ0) is 15.9. The number of hydrogen-bond acceptors (Lipinski definition) is 3. The first kappa shape index (κ1) is 17.4. The molecule has 1 aliphatic heterocycles. The van der Waals surface area contributed by atoms with E-state index >= 15 is 0 Å². The smallest absolute Gasteiger partial charge is 0.223 e. The number of likely N-dealkylation sites (tertiary alicyclic amines) is 1. The molecular formula is C18H28N2OS. The minimum Gasteiger partial charge on any atom is -0.341 e. The van der Waals surface area contributed by atoms with Crippen LogP contribution in [-0.2, 0) is 11.3 Å². The van der Waals surface area contributed by atoms with E-state index in [1.807, 2.05) is 11.9 Å². The number of piperidine rings is 1. The highest BCUT2D eigenvalue weighted by molar-refractivity contribution is 7.98. The van der Waals surface area contributed by atoms with E-state index in [9.17, 15) is 4.79 Å². The first-order valence-electron chi connectivity index (χ1n) is 8.17. The Morgan fingerprint density at radius 1 is 1.45 bits per heavy atom. The second-order valence-corrected chi connectivity index (χ2v) is 7.28. The molecule has 1 heterocycles. The third-order valence-electron chi connectivity index (χ3n) is 4.36. The largest absolute Gasteiger partial charge is 0.341 e. The third kappa shape index (κ3) is 5.33. The predicted molar refractivity (Wildman–Crippen MR) is 94.2 cm³/mol. The Balaban J connectivity index is 1.78. The lowest BCUT2D eigenvalue weighted by atomic mass is 10.0. The minimum atomic E-state index is 0.243. The van der Waals surface area contributed by atoms with Crippen molar-refractivity contribution in [2.45, 2.75) is 37.6 Å². The summed E-state index contributed by atoms with van der Waals surface area (Å²) in [4.78, 5) is 17.9. The molecule has 1 fully saturated rings. The molecule has 0 saturated carbocycles. The second-order valence-electron chi connectivity index (χ2n) is 6.40. The average molecular weight is 321 g/mol. The van der Waals surface area contributed by atoms with Gasteiger partial charge in [-0.05, 0) is 49.3 Å². The lowest BCUT2D eigenvalue weighted by Crippen LogP contribution is -2.37. The van der Waals surface area contributed by atoms with Crippen molar-refractivity contribution in [1.82, 2.24) is 9.80 Å². The standard InChI is InChI=1S/C18H28N2OS/c1-15-6-5-10-20(13-15)11-9-18(21)19(2)14-16-7-4-8-17(12-16)22-3/h4,7-8,12,15H,5-6,9-11,13-14H2,1-3H3. The van der Waals surface area contributed by atoms with Gasteiger partial charge in [-0.2, -0.15) is 0 Å². The molecule has 4 heteroatoms. The summed E-state index contributed by atoms with van der Waals surface area (Å²) in [6.07, 6.45) is 5.31. The molecule has 1 saturated heterocycles. The van der Waals surface area contributed by atoms with E-state index in [0.717, 1.165) is 25.6 Å². The normalized spacial score (nSPS) is 19.1. The maximum Gasteiger partial charge on any atom is 0.223 e. The predicted octanol–water partition coefficient (Wildman–Crippen LogP) is 3.49. The van der Waals surface area contributed by atoms with Gasteiger partial charge >= 0.3 is 0 Å². The van der Waals surface area contributed by atoms with E-state index in [4.69, 9.17) is 0 Å². The Labute approximate surface area is 139 Å². The van der Waals surface area contributed by atoms with Crippen molar-refractivity contribution >= 4 is 17.7 Å². The van der Waals surface area contributed by atoms with Gasteiger partial charge in [0.25, 0.3) is 0 Å². The van der Waals surface area contributed by atoms with Crippen molar-refractivity contribution in [2.24, 2.45) is 5.92 Å². The van der Waals surface area contributed by atoms with Crippen LogP contribution in [0.25, 0.3) is 0 Å². The van der Waals surface area contributed by atoms with Crippen molar-refractivity contribution < 1.29 is 4.79 Å². The van der Waals surface area contributed by atoms with E-state index in [0.29, 0.717) is 13.0 Å². The number of amides is 1. The molecule has 1 aliphatic rings. The Hall–Kier alpha value is -1.00. The van der Waals surface area contributed by atoms with Crippen LogP contribution >= 0.6 is 11.8 Å². The molecule has 0 spiro atoms. The fraction of sp³-hybridized carbons (Fsp3) is 0.611. The molecule has 0 bridgehead atoms. The van der Waals surface area contributed by atoms with Gasteiger partial charge in [0.1, 0.15) is 0 Å². The van der Waals surface area contributed by atoms with E-state index in [1.165, 1.54) is 23.3 Å². The molecule has 2 rings (SSSR count). The highest BCUT2D eigenvalue weighted by Crippen LogP contribution is 2.18. The van der Waals surface area contributed by atoms with Gasteiger partial charge in [0, 0.05) is 38.0 Å². The average Bonchev–Trinajstić information content (AvgIpc) is 2.52. The Morgan fingerprint density at radius 2 is 2.27 bits per heavy atom. The summed E-state index contributed by atoms with van der Waals surface area (Å²) in [6, 6.07) is 8.43. The molecule has 1 amide bonds. The molecule has 122 valence electrons. The SMILES string of the molecule is CSc1cccc(CN(C)C(=O)CCN2CCCC(C)C2)c1. The lowest BCUT2D eigenvalue weighted by molar-refractivity contribution is -0.130. The molecule has 0 radical (unpaired) electrons. The summed E-state index contributed by atoms with van der Waals surface area (Å²) < 4.78 is 0. The molecule has 1 aromatic carbocycles. The lowest BCUT2D eigenvalue weighted by Gasteiger charge is -2.31. The zero-order valence-electron chi connectivity index (χ0n) is 14.0. The first-order valence-corrected chi connectivity index (χ1v) is 9.40. The van der Waals surface area contributed by atoms with Gasteiger partial charge in [-0.15, -0.1) is 11.8 Å². The summed E-state index contributed by atoms with van der Waals surface area (Å²) >= 11 is 1.74. The molecule has 1 aromatic rings. The van der Waals surface area contributed by atoms with Gasteiger partial charge in [-0.3, -0.25) is 4.79 Å². The van der Waals surface area contributed by atoms with Crippen molar-refractivity contribution in [2.75, 3.05) is 32.9 Å². The summed E-state index contributed by atoms with van der Waals surface area (Å²) in [5.41, 5.74) is 1.20. The van der Waals surface area contributed by atoms with Crippen molar-refractivity contribution in [3.63, 3.8) is 0 Å². The number of hydrogen-bond donors (Lipinski definition) is 0. The van der Waals surface area contributed by atoms with Crippen LogP contribution < -0.4 is 0 Å². The van der Waals surface area contributed by atoms with Gasteiger partial charge in [0.2, 0.25) is 5.91 Å². The Kier molecular flexibility index (Phi) is 6.77. The van der Waals surface area contributed by atoms with Gasteiger partial charge < -0.3 is 9.80 Å². The van der Waals surface area contributed by atoms with Gasteiger partial charge in [0.05, 0.1) is 0 Å². The minimum absolute atomic E-state index is 0.243. The summed E-state index contributed by atoms with van der Waals surface area (Å²) in [5, 5.41) is 0. The third-order valence-corrected chi connectivity index (χ3v) is 5.09. The van der Waals surface area contributed by atoms with E-state index in [2.05, 4.69) is 42.3 Å². The number of nitrogens with zero attached hydrogens (tertiary/aromatic N) is 2. The summed E-state index contributed by atoms with van der Waals surface area (Å²) in [6.45, 7) is 6.20. The molecule has 1 unspecified atom stereocenters. The van der Waals surface area contributed by atoms with E-state index < -0.39 is 0 Å². The Morgan fingerprint density at radius 3 is 3.00 bits per heavy atom. The second kappa shape index (κ2) is 8.59. The monoisotopic (exact) mass is 320 g/mol. The first-order chi connectivity index (χ1) is 10.6. The van der Waals surface area contributed by atoms with Crippen LogP contribution in [0.2, 0.25) is 0 Å². The van der Waals surface area contributed by atoms with Crippen LogP contribution in [0.3, 0.4) is 0 Å². The van der Waals surface area contributed by atoms with Gasteiger partial charge in [-0.1, -0.05) is 19.1 Å². The van der Waals surface area contributed by atoms with Crippen molar-refractivity contribution in [1.29, 1.82) is 0 Å².